The lowest BCUT2D eigenvalue weighted by atomic mass is 10.4. The summed E-state index contributed by atoms with van der Waals surface area (Å²) in [5, 5.41) is 2.91. The number of amides is 2. The molecule has 0 aromatic heterocycles. The van der Waals surface area contributed by atoms with Gasteiger partial charge in [-0.15, -0.1) is 0 Å². The topological polar surface area (TPSA) is 50.8 Å². The van der Waals surface area contributed by atoms with Gasteiger partial charge in [0.25, 0.3) is 0 Å². The molecule has 2 aliphatic rings. The van der Waals surface area contributed by atoms with Gasteiger partial charge in [0.05, 0.1) is 13.2 Å². The van der Waals surface area contributed by atoms with E-state index in [0.29, 0.717) is 32.8 Å². The summed E-state index contributed by atoms with van der Waals surface area (Å²) in [6.45, 7) is 5.04. The summed E-state index contributed by atoms with van der Waals surface area (Å²) in [5.41, 5.74) is 0. The molecule has 2 amide bonds. The highest BCUT2D eigenvalue weighted by Crippen LogP contribution is 2.28. The fourth-order valence-electron chi connectivity index (χ4n) is 1.78. The Morgan fingerprint density at radius 2 is 2.12 bits per heavy atom. The predicted molar refractivity (Wildman–Crippen MR) is 64.0 cm³/mol. The molecular formula is C12H22N2O3. The molecule has 1 aliphatic heterocycles. The van der Waals surface area contributed by atoms with Gasteiger partial charge in [0.1, 0.15) is 0 Å². The third-order valence-corrected chi connectivity index (χ3v) is 3.09. The van der Waals surface area contributed by atoms with E-state index in [4.69, 9.17) is 9.47 Å². The molecule has 5 heteroatoms. The number of morpholine rings is 1. The standard InChI is InChI=1S/C12H22N2O3/c15-12(14-5-8-16-9-6-14)13-4-1-7-17-10-11-2-3-11/h11H,1-10H2,(H,13,15). The number of urea groups is 1. The van der Waals surface area contributed by atoms with Crippen molar-refractivity contribution in [3.8, 4) is 0 Å². The third kappa shape index (κ3) is 4.91. The van der Waals surface area contributed by atoms with Crippen LogP contribution >= 0.6 is 0 Å². The maximum Gasteiger partial charge on any atom is 0.317 e. The molecular weight excluding hydrogens is 220 g/mol. The summed E-state index contributed by atoms with van der Waals surface area (Å²) < 4.78 is 10.7. The van der Waals surface area contributed by atoms with Crippen LogP contribution in [0.15, 0.2) is 0 Å². The van der Waals surface area contributed by atoms with Crippen LogP contribution in [0, 0.1) is 5.92 Å². The molecule has 2 rings (SSSR count). The van der Waals surface area contributed by atoms with Crippen molar-refractivity contribution in [2.24, 2.45) is 5.92 Å². The second kappa shape index (κ2) is 6.81. The lowest BCUT2D eigenvalue weighted by Crippen LogP contribution is -2.46. The second-order valence-corrected chi connectivity index (χ2v) is 4.70. The van der Waals surface area contributed by atoms with Gasteiger partial charge in [-0.3, -0.25) is 0 Å². The van der Waals surface area contributed by atoms with E-state index in [1.807, 2.05) is 0 Å². The molecule has 0 spiro atoms. The van der Waals surface area contributed by atoms with Gasteiger partial charge in [-0.2, -0.15) is 0 Å². The first-order chi connectivity index (χ1) is 8.36. The van der Waals surface area contributed by atoms with Crippen molar-refractivity contribution >= 4 is 6.03 Å². The van der Waals surface area contributed by atoms with Crippen LogP contribution in [0.1, 0.15) is 19.3 Å². The highest BCUT2D eigenvalue weighted by Gasteiger charge is 2.21. The summed E-state index contributed by atoms with van der Waals surface area (Å²) in [6, 6.07) is 0.0236. The van der Waals surface area contributed by atoms with E-state index in [9.17, 15) is 4.79 Å². The van der Waals surface area contributed by atoms with E-state index >= 15 is 0 Å². The molecule has 0 aromatic carbocycles. The van der Waals surface area contributed by atoms with E-state index in [2.05, 4.69) is 5.32 Å². The summed E-state index contributed by atoms with van der Waals surface area (Å²) in [5.74, 6) is 0.818. The predicted octanol–water partition coefficient (Wildman–Crippen LogP) is 0.845. The zero-order valence-electron chi connectivity index (χ0n) is 10.3. The van der Waals surface area contributed by atoms with Gasteiger partial charge in [0.2, 0.25) is 0 Å². The third-order valence-electron chi connectivity index (χ3n) is 3.09. The number of hydrogen-bond acceptors (Lipinski definition) is 3. The van der Waals surface area contributed by atoms with E-state index < -0.39 is 0 Å². The van der Waals surface area contributed by atoms with Crippen molar-refractivity contribution in [2.75, 3.05) is 46.1 Å². The zero-order chi connectivity index (χ0) is 11.9. The van der Waals surface area contributed by atoms with Crippen LogP contribution in [-0.2, 0) is 9.47 Å². The number of nitrogens with zero attached hydrogens (tertiary/aromatic N) is 1. The lowest BCUT2D eigenvalue weighted by molar-refractivity contribution is 0.0529. The van der Waals surface area contributed by atoms with Crippen LogP contribution in [0.5, 0.6) is 0 Å². The Labute approximate surface area is 102 Å². The minimum atomic E-state index is 0.0236. The number of hydrogen-bond donors (Lipinski definition) is 1. The quantitative estimate of drug-likeness (QED) is 0.702. The molecule has 0 radical (unpaired) electrons. The molecule has 98 valence electrons. The smallest absolute Gasteiger partial charge is 0.317 e. The number of carbonyl (C=O) groups excluding carboxylic acids is 1. The Kier molecular flexibility index (Phi) is 5.07. The minimum absolute atomic E-state index is 0.0236. The fourth-order valence-corrected chi connectivity index (χ4v) is 1.78. The van der Waals surface area contributed by atoms with E-state index in [1.165, 1.54) is 12.8 Å². The molecule has 0 atom stereocenters. The molecule has 0 bridgehead atoms. The Hall–Kier alpha value is -0.810. The van der Waals surface area contributed by atoms with Crippen molar-refractivity contribution in [3.05, 3.63) is 0 Å². The van der Waals surface area contributed by atoms with Crippen molar-refractivity contribution in [1.29, 1.82) is 0 Å². The molecule has 2 fully saturated rings. The normalized spacial score (nSPS) is 20.4. The fraction of sp³-hybridized carbons (Fsp3) is 0.917. The molecule has 1 aliphatic carbocycles. The van der Waals surface area contributed by atoms with Gasteiger partial charge < -0.3 is 19.7 Å². The van der Waals surface area contributed by atoms with Gasteiger partial charge in [0.15, 0.2) is 0 Å². The van der Waals surface area contributed by atoms with Crippen LogP contribution in [0.4, 0.5) is 4.79 Å². The Morgan fingerprint density at radius 1 is 1.35 bits per heavy atom. The minimum Gasteiger partial charge on any atom is -0.381 e. The van der Waals surface area contributed by atoms with Gasteiger partial charge in [-0.05, 0) is 25.2 Å². The van der Waals surface area contributed by atoms with E-state index in [-0.39, 0.29) is 6.03 Å². The average Bonchev–Trinajstić information content (AvgIpc) is 3.18. The van der Waals surface area contributed by atoms with Crippen LogP contribution in [0.2, 0.25) is 0 Å². The molecule has 1 N–H and O–H groups in total. The van der Waals surface area contributed by atoms with Gasteiger partial charge in [0, 0.05) is 32.8 Å². The molecule has 5 nitrogen and oxygen atoms in total. The van der Waals surface area contributed by atoms with Gasteiger partial charge >= 0.3 is 6.03 Å². The Bertz CT molecular complexity index is 238. The monoisotopic (exact) mass is 242 g/mol. The molecule has 17 heavy (non-hydrogen) atoms. The number of carbonyl (C=O) groups is 1. The maximum atomic E-state index is 11.7. The van der Waals surface area contributed by atoms with Crippen LogP contribution < -0.4 is 5.32 Å². The Balaban J connectivity index is 1.44. The first-order valence-electron chi connectivity index (χ1n) is 6.54. The molecule has 0 aromatic rings. The highest BCUT2D eigenvalue weighted by atomic mass is 16.5. The van der Waals surface area contributed by atoms with Crippen LogP contribution in [-0.4, -0.2) is 57.0 Å². The number of rotatable bonds is 6. The van der Waals surface area contributed by atoms with E-state index in [1.54, 1.807) is 4.90 Å². The average molecular weight is 242 g/mol. The summed E-state index contributed by atoms with van der Waals surface area (Å²) in [4.78, 5) is 13.5. The molecule has 1 saturated carbocycles. The van der Waals surface area contributed by atoms with Crippen LogP contribution in [0.3, 0.4) is 0 Å². The van der Waals surface area contributed by atoms with Crippen LogP contribution in [0.25, 0.3) is 0 Å². The highest BCUT2D eigenvalue weighted by molar-refractivity contribution is 5.74. The summed E-state index contributed by atoms with van der Waals surface area (Å²) >= 11 is 0. The summed E-state index contributed by atoms with van der Waals surface area (Å²) in [7, 11) is 0. The Morgan fingerprint density at radius 3 is 2.82 bits per heavy atom. The first kappa shape index (κ1) is 12.6. The SMILES string of the molecule is O=C(NCCCOCC1CC1)N1CCOCC1. The second-order valence-electron chi connectivity index (χ2n) is 4.70. The maximum absolute atomic E-state index is 11.7. The number of nitrogens with one attached hydrogen (secondary N) is 1. The first-order valence-corrected chi connectivity index (χ1v) is 6.54. The zero-order valence-corrected chi connectivity index (χ0v) is 10.3. The van der Waals surface area contributed by atoms with Gasteiger partial charge in [-0.1, -0.05) is 0 Å². The van der Waals surface area contributed by atoms with Crippen molar-refractivity contribution in [3.63, 3.8) is 0 Å². The number of ether oxygens (including phenoxy) is 2. The summed E-state index contributed by atoms with van der Waals surface area (Å²) in [6.07, 6.45) is 3.55. The molecule has 1 saturated heterocycles. The van der Waals surface area contributed by atoms with Crippen molar-refractivity contribution in [1.82, 2.24) is 10.2 Å². The molecule has 1 heterocycles. The van der Waals surface area contributed by atoms with Gasteiger partial charge in [-0.25, -0.2) is 4.79 Å². The van der Waals surface area contributed by atoms with Crippen molar-refractivity contribution < 1.29 is 14.3 Å². The van der Waals surface area contributed by atoms with E-state index in [0.717, 1.165) is 25.6 Å². The molecule has 0 unspecified atom stereocenters. The largest absolute Gasteiger partial charge is 0.381 e. The van der Waals surface area contributed by atoms with Crippen molar-refractivity contribution in [2.45, 2.75) is 19.3 Å². The lowest BCUT2D eigenvalue weighted by Gasteiger charge is -2.26.